The van der Waals surface area contributed by atoms with E-state index in [1.807, 2.05) is 24.3 Å². The molecule has 1 aliphatic heterocycles. The van der Waals surface area contributed by atoms with E-state index in [0.717, 1.165) is 44.6 Å². The number of aryl methyl sites for hydroxylation is 1. The van der Waals surface area contributed by atoms with Crippen molar-refractivity contribution in [2.45, 2.75) is 70.5 Å². The number of piperidine rings is 1. The molecule has 1 aromatic heterocycles. The number of hydrogen-bond acceptors (Lipinski definition) is 2. The lowest BCUT2D eigenvalue weighted by atomic mass is 10.0. The molecule has 0 radical (unpaired) electrons. The average Bonchev–Trinajstić information content (AvgIpc) is 3.24. The van der Waals surface area contributed by atoms with E-state index in [0.29, 0.717) is 6.04 Å². The number of aromatic nitrogens is 2. The fraction of sp³-hybridized carbons (Fsp3) is 0.765. The number of imidazole rings is 1. The van der Waals surface area contributed by atoms with Gasteiger partial charge < -0.3 is 14.4 Å². The summed E-state index contributed by atoms with van der Waals surface area (Å²) < 4.78 is 2.17. The van der Waals surface area contributed by atoms with Gasteiger partial charge in [0, 0.05) is 38.6 Å². The van der Waals surface area contributed by atoms with Gasteiger partial charge >= 0.3 is 6.03 Å². The van der Waals surface area contributed by atoms with Gasteiger partial charge in [-0.1, -0.05) is 12.8 Å². The molecule has 5 heteroatoms. The van der Waals surface area contributed by atoms with Crippen LogP contribution in [0.4, 0.5) is 4.79 Å². The molecule has 122 valence electrons. The lowest BCUT2D eigenvalue weighted by molar-refractivity contribution is 0.107. The molecular formula is C17H28N4O. The lowest BCUT2D eigenvalue weighted by Crippen LogP contribution is -2.48. The van der Waals surface area contributed by atoms with Gasteiger partial charge in [0.2, 0.25) is 0 Å². The fourth-order valence-electron chi connectivity index (χ4n) is 3.96. The molecule has 0 spiro atoms. The number of carbonyl (C=O) groups excluding carboxylic acids is 1. The van der Waals surface area contributed by atoms with Crippen molar-refractivity contribution in [3.8, 4) is 0 Å². The van der Waals surface area contributed by atoms with Gasteiger partial charge in [-0.2, -0.15) is 0 Å². The molecule has 0 unspecified atom stereocenters. The number of nitrogens with zero attached hydrogens (tertiary/aromatic N) is 4. The molecule has 2 heterocycles. The van der Waals surface area contributed by atoms with Crippen LogP contribution >= 0.6 is 0 Å². The Bertz CT molecular complexity index is 507. The molecule has 2 aliphatic rings. The van der Waals surface area contributed by atoms with E-state index in [-0.39, 0.29) is 12.1 Å². The molecule has 0 N–H and O–H groups in total. The lowest BCUT2D eigenvalue weighted by Gasteiger charge is -2.39. The predicted octanol–water partition coefficient (Wildman–Crippen LogP) is 3.42. The zero-order chi connectivity index (χ0) is 15.5. The zero-order valence-electron chi connectivity index (χ0n) is 13.9. The largest absolute Gasteiger partial charge is 0.333 e. The Labute approximate surface area is 133 Å². The normalized spacial score (nSPS) is 23.0. The Morgan fingerprint density at radius 3 is 2.73 bits per heavy atom. The van der Waals surface area contributed by atoms with Crippen LogP contribution in [0, 0.1) is 0 Å². The minimum absolute atomic E-state index is 0.139. The Kier molecular flexibility index (Phi) is 4.69. The van der Waals surface area contributed by atoms with E-state index in [4.69, 9.17) is 0 Å². The maximum Gasteiger partial charge on any atom is 0.320 e. The first-order chi connectivity index (χ1) is 10.7. The molecule has 1 saturated heterocycles. The minimum Gasteiger partial charge on any atom is -0.333 e. The highest BCUT2D eigenvalue weighted by atomic mass is 16.2. The summed E-state index contributed by atoms with van der Waals surface area (Å²) in [6, 6.07) is 0.767. The van der Waals surface area contributed by atoms with Crippen LogP contribution in [0.3, 0.4) is 0 Å². The maximum atomic E-state index is 13.0. The number of hydrogen-bond donors (Lipinski definition) is 0. The second-order valence-electron chi connectivity index (χ2n) is 6.61. The van der Waals surface area contributed by atoms with Crippen LogP contribution in [0.15, 0.2) is 12.4 Å². The van der Waals surface area contributed by atoms with Gasteiger partial charge in [-0.25, -0.2) is 9.78 Å². The van der Waals surface area contributed by atoms with Crippen LogP contribution in [0.2, 0.25) is 0 Å². The molecule has 2 amide bonds. The van der Waals surface area contributed by atoms with E-state index in [1.165, 1.54) is 19.3 Å². The van der Waals surface area contributed by atoms with Crippen molar-refractivity contribution in [2.75, 3.05) is 13.6 Å². The first kappa shape index (κ1) is 15.4. The molecule has 1 saturated carbocycles. The highest BCUT2D eigenvalue weighted by Gasteiger charge is 2.34. The van der Waals surface area contributed by atoms with E-state index >= 15 is 0 Å². The summed E-state index contributed by atoms with van der Waals surface area (Å²) in [6.45, 7) is 3.90. The van der Waals surface area contributed by atoms with Crippen molar-refractivity contribution in [1.29, 1.82) is 0 Å². The number of rotatable bonds is 3. The zero-order valence-corrected chi connectivity index (χ0v) is 13.9. The summed E-state index contributed by atoms with van der Waals surface area (Å²) in [5.41, 5.74) is 0. The second-order valence-corrected chi connectivity index (χ2v) is 6.61. The molecule has 5 nitrogen and oxygen atoms in total. The Morgan fingerprint density at radius 1 is 1.27 bits per heavy atom. The van der Waals surface area contributed by atoms with Gasteiger partial charge in [0.1, 0.15) is 5.82 Å². The first-order valence-corrected chi connectivity index (χ1v) is 8.76. The Balaban J connectivity index is 1.78. The number of urea groups is 1. The molecule has 1 aromatic rings. The van der Waals surface area contributed by atoms with Gasteiger partial charge in [0.25, 0.3) is 0 Å². The van der Waals surface area contributed by atoms with Crippen molar-refractivity contribution in [3.05, 3.63) is 18.2 Å². The number of amides is 2. The van der Waals surface area contributed by atoms with Crippen molar-refractivity contribution >= 4 is 6.03 Å². The summed E-state index contributed by atoms with van der Waals surface area (Å²) in [7, 11) is 1.98. The third-order valence-electron chi connectivity index (χ3n) is 5.31. The van der Waals surface area contributed by atoms with Gasteiger partial charge in [0.15, 0.2) is 0 Å². The van der Waals surface area contributed by atoms with Crippen molar-refractivity contribution in [3.63, 3.8) is 0 Å². The van der Waals surface area contributed by atoms with E-state index in [2.05, 4.69) is 21.4 Å². The SMILES string of the molecule is CCn1ccnc1[C@H]1CCCCN1C(=O)N(C)C1CCCC1. The minimum atomic E-state index is 0.139. The first-order valence-electron chi connectivity index (χ1n) is 8.76. The summed E-state index contributed by atoms with van der Waals surface area (Å²) in [4.78, 5) is 21.6. The van der Waals surface area contributed by atoms with Crippen LogP contribution in [0.1, 0.15) is 63.7 Å². The van der Waals surface area contributed by atoms with Gasteiger partial charge in [-0.05, 0) is 39.0 Å². The van der Waals surface area contributed by atoms with Crippen LogP contribution < -0.4 is 0 Å². The number of likely N-dealkylation sites (tertiary alicyclic amines) is 1. The summed E-state index contributed by atoms with van der Waals surface area (Å²) >= 11 is 0. The topological polar surface area (TPSA) is 41.4 Å². The summed E-state index contributed by atoms with van der Waals surface area (Å²) in [5, 5.41) is 0. The van der Waals surface area contributed by atoms with Crippen LogP contribution in [0.5, 0.6) is 0 Å². The van der Waals surface area contributed by atoms with Gasteiger partial charge in [0.05, 0.1) is 6.04 Å². The van der Waals surface area contributed by atoms with E-state index in [9.17, 15) is 4.79 Å². The molecule has 22 heavy (non-hydrogen) atoms. The van der Waals surface area contributed by atoms with Crippen molar-refractivity contribution in [2.24, 2.45) is 0 Å². The quantitative estimate of drug-likeness (QED) is 0.858. The highest BCUT2D eigenvalue weighted by Crippen LogP contribution is 2.32. The van der Waals surface area contributed by atoms with E-state index < -0.39 is 0 Å². The third-order valence-corrected chi connectivity index (χ3v) is 5.31. The average molecular weight is 304 g/mol. The van der Waals surface area contributed by atoms with Crippen LogP contribution in [-0.4, -0.2) is 45.0 Å². The summed E-state index contributed by atoms with van der Waals surface area (Å²) in [5.74, 6) is 1.05. The highest BCUT2D eigenvalue weighted by molar-refractivity contribution is 5.75. The molecule has 1 atom stereocenters. The van der Waals surface area contributed by atoms with Gasteiger partial charge in [-0.15, -0.1) is 0 Å². The maximum absolute atomic E-state index is 13.0. The van der Waals surface area contributed by atoms with Crippen molar-refractivity contribution < 1.29 is 4.79 Å². The fourth-order valence-corrected chi connectivity index (χ4v) is 3.96. The van der Waals surface area contributed by atoms with E-state index in [1.54, 1.807) is 0 Å². The summed E-state index contributed by atoms with van der Waals surface area (Å²) in [6.07, 6.45) is 12.0. The smallest absolute Gasteiger partial charge is 0.320 e. The molecule has 1 aliphatic carbocycles. The Morgan fingerprint density at radius 2 is 2.00 bits per heavy atom. The molecular weight excluding hydrogens is 276 g/mol. The molecule has 0 aromatic carbocycles. The van der Waals surface area contributed by atoms with Crippen LogP contribution in [0.25, 0.3) is 0 Å². The molecule has 2 fully saturated rings. The Hall–Kier alpha value is -1.52. The number of carbonyl (C=O) groups is 1. The predicted molar refractivity (Wildman–Crippen MR) is 86.6 cm³/mol. The third kappa shape index (κ3) is 2.85. The van der Waals surface area contributed by atoms with Crippen LogP contribution in [-0.2, 0) is 6.54 Å². The standard InChI is InChI=1S/C17H28N4O/c1-3-20-13-11-18-16(20)15-10-6-7-12-21(15)17(22)19(2)14-8-4-5-9-14/h11,13-15H,3-10,12H2,1-2H3/t15-/m1/s1. The monoisotopic (exact) mass is 304 g/mol. The molecule has 0 bridgehead atoms. The molecule has 3 rings (SSSR count). The van der Waals surface area contributed by atoms with Gasteiger partial charge in [-0.3, -0.25) is 0 Å². The second kappa shape index (κ2) is 6.71. The van der Waals surface area contributed by atoms with Crippen molar-refractivity contribution in [1.82, 2.24) is 19.4 Å².